The maximum atomic E-state index is 11.4. The molecular formula is C13H12N2O3. The van der Waals surface area contributed by atoms with Crippen molar-refractivity contribution in [1.29, 1.82) is 0 Å². The highest BCUT2D eigenvalue weighted by atomic mass is 16.5. The van der Waals surface area contributed by atoms with Crippen molar-refractivity contribution in [2.75, 3.05) is 7.11 Å². The van der Waals surface area contributed by atoms with E-state index in [9.17, 15) is 9.59 Å². The van der Waals surface area contributed by atoms with Crippen LogP contribution in [0.1, 0.15) is 5.56 Å². The van der Waals surface area contributed by atoms with E-state index in [4.69, 9.17) is 0 Å². The third-order valence-electron chi connectivity index (χ3n) is 2.52. The summed E-state index contributed by atoms with van der Waals surface area (Å²) in [5, 5.41) is 0. The van der Waals surface area contributed by atoms with Crippen molar-refractivity contribution in [2.24, 2.45) is 0 Å². The number of Topliss-reactive ketones (excluding diaryl/α,β-unsaturated/α-hetero) is 1. The molecule has 0 saturated carbocycles. The van der Waals surface area contributed by atoms with Gasteiger partial charge >= 0.3 is 5.97 Å². The number of ketones is 1. The van der Waals surface area contributed by atoms with Gasteiger partial charge in [-0.25, -0.2) is 9.78 Å². The second-order valence-corrected chi connectivity index (χ2v) is 3.73. The van der Waals surface area contributed by atoms with E-state index < -0.39 is 11.8 Å². The molecule has 5 heteroatoms. The molecular weight excluding hydrogens is 232 g/mol. The number of ether oxygens (including phenoxy) is 1. The molecule has 92 valence electrons. The summed E-state index contributed by atoms with van der Waals surface area (Å²) >= 11 is 0. The number of hydrogen-bond donors (Lipinski definition) is 0. The summed E-state index contributed by atoms with van der Waals surface area (Å²) in [7, 11) is 1.20. The molecule has 0 radical (unpaired) electrons. The zero-order valence-electron chi connectivity index (χ0n) is 9.87. The SMILES string of the molecule is COC(=O)C(=O)Cc1ccc(-n2ccnc2)cc1. The summed E-state index contributed by atoms with van der Waals surface area (Å²) in [4.78, 5) is 26.3. The van der Waals surface area contributed by atoms with E-state index in [0.29, 0.717) is 0 Å². The number of rotatable bonds is 4. The van der Waals surface area contributed by atoms with Crippen LogP contribution in [0, 0.1) is 0 Å². The van der Waals surface area contributed by atoms with Crippen LogP contribution in [-0.2, 0) is 20.7 Å². The standard InChI is InChI=1S/C13H12N2O3/c1-18-13(17)12(16)8-10-2-4-11(5-3-10)15-7-6-14-9-15/h2-7,9H,8H2,1H3. The Hall–Kier alpha value is -2.43. The summed E-state index contributed by atoms with van der Waals surface area (Å²) in [6, 6.07) is 7.33. The van der Waals surface area contributed by atoms with E-state index in [1.54, 1.807) is 24.7 Å². The van der Waals surface area contributed by atoms with E-state index in [1.165, 1.54) is 7.11 Å². The van der Waals surface area contributed by atoms with E-state index in [1.807, 2.05) is 22.9 Å². The van der Waals surface area contributed by atoms with Gasteiger partial charge in [0.25, 0.3) is 0 Å². The van der Waals surface area contributed by atoms with Gasteiger partial charge in [0, 0.05) is 24.5 Å². The van der Waals surface area contributed by atoms with Crippen LogP contribution >= 0.6 is 0 Å². The summed E-state index contributed by atoms with van der Waals surface area (Å²) in [6.45, 7) is 0. The van der Waals surface area contributed by atoms with E-state index in [-0.39, 0.29) is 6.42 Å². The summed E-state index contributed by atoms with van der Waals surface area (Å²) in [5.41, 5.74) is 1.72. The second-order valence-electron chi connectivity index (χ2n) is 3.73. The normalized spacial score (nSPS) is 10.1. The first kappa shape index (κ1) is 12.0. The largest absolute Gasteiger partial charge is 0.463 e. The molecule has 0 amide bonds. The fraction of sp³-hybridized carbons (Fsp3) is 0.154. The first-order valence-corrected chi connectivity index (χ1v) is 5.39. The van der Waals surface area contributed by atoms with Crippen molar-refractivity contribution in [2.45, 2.75) is 6.42 Å². The fourth-order valence-electron chi connectivity index (χ4n) is 1.57. The van der Waals surface area contributed by atoms with Gasteiger partial charge in [-0.2, -0.15) is 0 Å². The molecule has 0 saturated heterocycles. The van der Waals surface area contributed by atoms with Crippen molar-refractivity contribution >= 4 is 11.8 Å². The van der Waals surface area contributed by atoms with Crippen LogP contribution < -0.4 is 0 Å². The predicted octanol–water partition coefficient (Wildman–Crippen LogP) is 1.16. The van der Waals surface area contributed by atoms with Gasteiger partial charge in [0.05, 0.1) is 13.4 Å². The molecule has 2 aromatic rings. The molecule has 0 aliphatic carbocycles. The predicted molar refractivity (Wildman–Crippen MR) is 64.3 cm³/mol. The first-order chi connectivity index (χ1) is 8.70. The lowest BCUT2D eigenvalue weighted by molar-refractivity contribution is -0.151. The minimum Gasteiger partial charge on any atom is -0.463 e. The van der Waals surface area contributed by atoms with Crippen LogP contribution in [0.2, 0.25) is 0 Å². The molecule has 5 nitrogen and oxygen atoms in total. The number of carbonyl (C=O) groups excluding carboxylic acids is 2. The van der Waals surface area contributed by atoms with Crippen molar-refractivity contribution in [3.05, 3.63) is 48.5 Å². The van der Waals surface area contributed by atoms with Gasteiger partial charge in [-0.05, 0) is 17.7 Å². The monoisotopic (exact) mass is 244 g/mol. The fourth-order valence-corrected chi connectivity index (χ4v) is 1.57. The van der Waals surface area contributed by atoms with Gasteiger partial charge in [-0.3, -0.25) is 4.79 Å². The number of imidazole rings is 1. The Morgan fingerprint density at radius 3 is 2.56 bits per heavy atom. The number of methoxy groups -OCH3 is 1. The second kappa shape index (κ2) is 5.27. The Morgan fingerprint density at radius 1 is 1.28 bits per heavy atom. The number of benzene rings is 1. The molecule has 0 aliphatic rings. The smallest absolute Gasteiger partial charge is 0.374 e. The quantitative estimate of drug-likeness (QED) is 0.598. The molecule has 0 fully saturated rings. The average molecular weight is 244 g/mol. The summed E-state index contributed by atoms with van der Waals surface area (Å²) in [6.07, 6.45) is 5.26. The lowest BCUT2D eigenvalue weighted by atomic mass is 10.1. The van der Waals surface area contributed by atoms with Crippen LogP contribution in [0.25, 0.3) is 5.69 Å². The van der Waals surface area contributed by atoms with E-state index in [0.717, 1.165) is 11.3 Å². The lowest BCUT2D eigenvalue weighted by Gasteiger charge is -2.04. The minimum absolute atomic E-state index is 0.0525. The molecule has 2 rings (SSSR count). The summed E-state index contributed by atoms with van der Waals surface area (Å²) in [5.74, 6) is -1.36. The summed E-state index contributed by atoms with van der Waals surface area (Å²) < 4.78 is 6.22. The van der Waals surface area contributed by atoms with Gasteiger partial charge in [-0.15, -0.1) is 0 Å². The molecule has 18 heavy (non-hydrogen) atoms. The van der Waals surface area contributed by atoms with E-state index in [2.05, 4.69) is 9.72 Å². The Labute approximate surface area is 104 Å². The Morgan fingerprint density at radius 2 is 2.00 bits per heavy atom. The molecule has 0 atom stereocenters. The number of aromatic nitrogens is 2. The maximum absolute atomic E-state index is 11.4. The highest BCUT2D eigenvalue weighted by Crippen LogP contribution is 2.10. The number of carbonyl (C=O) groups is 2. The Balaban J connectivity index is 2.09. The molecule has 1 aromatic heterocycles. The van der Waals surface area contributed by atoms with Crippen LogP contribution in [-0.4, -0.2) is 28.4 Å². The van der Waals surface area contributed by atoms with Crippen LogP contribution in [0.3, 0.4) is 0 Å². The topological polar surface area (TPSA) is 61.2 Å². The zero-order valence-corrected chi connectivity index (χ0v) is 9.87. The van der Waals surface area contributed by atoms with Crippen LogP contribution in [0.5, 0.6) is 0 Å². The van der Waals surface area contributed by atoms with Gasteiger partial charge in [0.15, 0.2) is 0 Å². The third kappa shape index (κ3) is 2.63. The van der Waals surface area contributed by atoms with E-state index >= 15 is 0 Å². The van der Waals surface area contributed by atoms with Gasteiger partial charge < -0.3 is 9.30 Å². The third-order valence-corrected chi connectivity index (χ3v) is 2.52. The molecule has 0 spiro atoms. The maximum Gasteiger partial charge on any atom is 0.374 e. The number of esters is 1. The van der Waals surface area contributed by atoms with Gasteiger partial charge in [0.2, 0.25) is 5.78 Å². The number of nitrogens with zero attached hydrogens (tertiary/aromatic N) is 2. The molecule has 0 bridgehead atoms. The zero-order chi connectivity index (χ0) is 13.0. The minimum atomic E-state index is -0.811. The lowest BCUT2D eigenvalue weighted by Crippen LogP contribution is -2.17. The highest BCUT2D eigenvalue weighted by molar-refractivity contribution is 6.34. The average Bonchev–Trinajstić information content (AvgIpc) is 2.92. The van der Waals surface area contributed by atoms with Gasteiger partial charge in [0.1, 0.15) is 0 Å². The Kier molecular flexibility index (Phi) is 3.52. The van der Waals surface area contributed by atoms with Crippen LogP contribution in [0.4, 0.5) is 0 Å². The molecule has 1 aromatic carbocycles. The van der Waals surface area contributed by atoms with Crippen LogP contribution in [0.15, 0.2) is 43.0 Å². The van der Waals surface area contributed by atoms with Crippen molar-refractivity contribution in [1.82, 2.24) is 9.55 Å². The number of hydrogen-bond acceptors (Lipinski definition) is 4. The Bertz CT molecular complexity index is 544. The molecule has 0 aliphatic heterocycles. The molecule has 1 heterocycles. The van der Waals surface area contributed by atoms with Crippen molar-refractivity contribution in [3.8, 4) is 5.69 Å². The van der Waals surface area contributed by atoms with Crippen molar-refractivity contribution < 1.29 is 14.3 Å². The molecule has 0 unspecified atom stereocenters. The molecule has 0 N–H and O–H groups in total. The van der Waals surface area contributed by atoms with Crippen molar-refractivity contribution in [3.63, 3.8) is 0 Å². The highest BCUT2D eigenvalue weighted by Gasteiger charge is 2.14. The first-order valence-electron chi connectivity index (χ1n) is 5.39. The van der Waals surface area contributed by atoms with Gasteiger partial charge in [-0.1, -0.05) is 12.1 Å².